The summed E-state index contributed by atoms with van der Waals surface area (Å²) < 4.78 is 0. The minimum atomic E-state index is 0.786. The average Bonchev–Trinajstić information content (AvgIpc) is 1.94. The van der Waals surface area contributed by atoms with E-state index in [-0.39, 0.29) is 0 Å². The molecule has 0 aliphatic carbocycles. The van der Waals surface area contributed by atoms with Gasteiger partial charge in [-0.2, -0.15) is 0 Å². The van der Waals surface area contributed by atoms with Gasteiger partial charge in [-0.05, 0) is 26.3 Å². The van der Waals surface area contributed by atoms with E-state index in [9.17, 15) is 0 Å². The van der Waals surface area contributed by atoms with E-state index in [0.717, 1.165) is 6.04 Å². The van der Waals surface area contributed by atoms with Crippen LogP contribution in [0.3, 0.4) is 0 Å². The van der Waals surface area contributed by atoms with Gasteiger partial charge in [0.05, 0.1) is 0 Å². The first-order valence-corrected chi connectivity index (χ1v) is 3.42. The Kier molecular flexibility index (Phi) is 5.52. The predicted molar refractivity (Wildman–Crippen MR) is 38.4 cm³/mol. The van der Waals surface area contributed by atoms with Crippen LogP contribution in [0.1, 0.15) is 26.2 Å². The van der Waals surface area contributed by atoms with Crippen LogP contribution >= 0.6 is 0 Å². The molecular weight excluding hydrogens is 114 g/mol. The molecule has 0 aromatic rings. The molecule has 1 aliphatic rings. The number of hydrogen-bond donors (Lipinski definition) is 1. The van der Waals surface area contributed by atoms with Crippen LogP contribution in [0.5, 0.6) is 0 Å². The van der Waals surface area contributed by atoms with Crippen LogP contribution < -0.4 is 5.32 Å². The Morgan fingerprint density at radius 1 is 1.44 bits per heavy atom. The van der Waals surface area contributed by atoms with Gasteiger partial charge in [-0.25, -0.2) is 0 Å². The molecule has 1 N–H and O–H groups in total. The van der Waals surface area contributed by atoms with Crippen molar-refractivity contribution in [1.29, 1.82) is 0 Å². The van der Waals surface area contributed by atoms with Crippen molar-refractivity contribution in [2.45, 2.75) is 32.2 Å². The van der Waals surface area contributed by atoms with Gasteiger partial charge in [-0.1, -0.05) is 6.42 Å². The SMILES string of the molecule is C=O.CC1CCCCN1. The zero-order valence-corrected chi connectivity index (χ0v) is 6.02. The van der Waals surface area contributed by atoms with Crippen molar-refractivity contribution in [3.63, 3.8) is 0 Å². The first kappa shape index (κ1) is 8.63. The summed E-state index contributed by atoms with van der Waals surface area (Å²) in [7, 11) is 0. The third-order valence-corrected chi connectivity index (χ3v) is 1.56. The quantitative estimate of drug-likeness (QED) is 0.528. The number of nitrogens with one attached hydrogen (secondary N) is 1. The summed E-state index contributed by atoms with van der Waals surface area (Å²) in [5.41, 5.74) is 0. The molecule has 1 fully saturated rings. The van der Waals surface area contributed by atoms with Gasteiger partial charge < -0.3 is 10.1 Å². The van der Waals surface area contributed by atoms with Gasteiger partial charge in [0.2, 0.25) is 0 Å². The molecule has 9 heavy (non-hydrogen) atoms. The molecule has 0 spiro atoms. The second kappa shape index (κ2) is 5.76. The molecule has 0 radical (unpaired) electrons. The maximum Gasteiger partial charge on any atom is 0.106 e. The highest BCUT2D eigenvalue weighted by molar-refractivity contribution is 5.10. The summed E-state index contributed by atoms with van der Waals surface area (Å²) in [6.45, 7) is 5.49. The second-order valence-corrected chi connectivity index (χ2v) is 2.35. The van der Waals surface area contributed by atoms with Crippen molar-refractivity contribution in [3.8, 4) is 0 Å². The fraction of sp³-hybridized carbons (Fsp3) is 0.857. The van der Waals surface area contributed by atoms with Crippen LogP contribution in [0, 0.1) is 0 Å². The minimum absolute atomic E-state index is 0.786. The topological polar surface area (TPSA) is 29.1 Å². The standard InChI is InChI=1S/C6H13N.CH2O/c1-6-4-2-3-5-7-6;1-2/h6-7H,2-5H2,1H3;1H2. The Bertz CT molecular complexity index is 59.9. The average molecular weight is 129 g/mol. The van der Waals surface area contributed by atoms with E-state index in [0.29, 0.717) is 0 Å². The highest BCUT2D eigenvalue weighted by Gasteiger charge is 2.04. The molecule has 0 aromatic heterocycles. The van der Waals surface area contributed by atoms with Crippen molar-refractivity contribution in [1.82, 2.24) is 5.32 Å². The van der Waals surface area contributed by atoms with Crippen molar-refractivity contribution < 1.29 is 4.79 Å². The lowest BCUT2D eigenvalue weighted by Crippen LogP contribution is -2.30. The molecule has 1 unspecified atom stereocenters. The van der Waals surface area contributed by atoms with E-state index in [4.69, 9.17) is 4.79 Å². The van der Waals surface area contributed by atoms with Crippen LogP contribution in [0.25, 0.3) is 0 Å². The maximum absolute atomic E-state index is 8.00. The fourth-order valence-electron chi connectivity index (χ4n) is 1.03. The Balaban J connectivity index is 0.000000291. The number of carbonyl (C=O) groups is 1. The predicted octanol–water partition coefficient (Wildman–Crippen LogP) is 0.964. The maximum atomic E-state index is 8.00. The van der Waals surface area contributed by atoms with Gasteiger partial charge in [0.1, 0.15) is 6.79 Å². The Hall–Kier alpha value is -0.370. The molecule has 1 atom stereocenters. The van der Waals surface area contributed by atoms with Gasteiger partial charge in [-0.15, -0.1) is 0 Å². The van der Waals surface area contributed by atoms with Crippen molar-refractivity contribution in [3.05, 3.63) is 0 Å². The summed E-state index contributed by atoms with van der Waals surface area (Å²) in [6.07, 6.45) is 4.18. The molecular formula is C7H15NO. The van der Waals surface area contributed by atoms with Gasteiger partial charge in [0.25, 0.3) is 0 Å². The highest BCUT2D eigenvalue weighted by atomic mass is 16.1. The zero-order chi connectivity index (χ0) is 7.11. The smallest absolute Gasteiger partial charge is 0.106 e. The normalized spacial score (nSPS) is 26.1. The van der Waals surface area contributed by atoms with E-state index in [1.165, 1.54) is 25.8 Å². The van der Waals surface area contributed by atoms with E-state index >= 15 is 0 Å². The van der Waals surface area contributed by atoms with Gasteiger partial charge in [-0.3, -0.25) is 0 Å². The molecule has 1 heterocycles. The Labute approximate surface area is 56.6 Å². The first-order valence-electron chi connectivity index (χ1n) is 3.42. The van der Waals surface area contributed by atoms with Gasteiger partial charge >= 0.3 is 0 Å². The molecule has 0 aromatic carbocycles. The minimum Gasteiger partial charge on any atom is -0.314 e. The van der Waals surface area contributed by atoms with Crippen molar-refractivity contribution in [2.75, 3.05) is 6.54 Å². The lowest BCUT2D eigenvalue weighted by atomic mass is 10.1. The lowest BCUT2D eigenvalue weighted by molar-refractivity contribution is -0.0979. The summed E-state index contributed by atoms with van der Waals surface area (Å²) in [5.74, 6) is 0. The number of hydrogen-bond acceptors (Lipinski definition) is 2. The molecule has 0 amide bonds. The third kappa shape index (κ3) is 4.15. The second-order valence-electron chi connectivity index (χ2n) is 2.35. The van der Waals surface area contributed by atoms with E-state index in [1.807, 2.05) is 6.79 Å². The lowest BCUT2D eigenvalue weighted by Gasteiger charge is -2.18. The molecule has 1 rings (SSSR count). The van der Waals surface area contributed by atoms with Gasteiger partial charge in [0, 0.05) is 6.04 Å². The molecule has 54 valence electrons. The first-order chi connectivity index (χ1) is 4.39. The van der Waals surface area contributed by atoms with Crippen LogP contribution in [-0.2, 0) is 4.79 Å². The molecule has 1 saturated heterocycles. The number of carbonyl (C=O) groups excluding carboxylic acids is 1. The van der Waals surface area contributed by atoms with Gasteiger partial charge in [0.15, 0.2) is 0 Å². The molecule has 2 nitrogen and oxygen atoms in total. The Morgan fingerprint density at radius 2 is 2.11 bits per heavy atom. The zero-order valence-electron chi connectivity index (χ0n) is 6.02. The molecule has 1 aliphatic heterocycles. The van der Waals surface area contributed by atoms with Crippen LogP contribution in [-0.4, -0.2) is 19.4 Å². The fourth-order valence-corrected chi connectivity index (χ4v) is 1.03. The third-order valence-electron chi connectivity index (χ3n) is 1.56. The molecule has 0 bridgehead atoms. The van der Waals surface area contributed by atoms with E-state index in [2.05, 4.69) is 12.2 Å². The monoisotopic (exact) mass is 129 g/mol. The van der Waals surface area contributed by atoms with E-state index in [1.54, 1.807) is 0 Å². The number of rotatable bonds is 0. The van der Waals surface area contributed by atoms with Crippen LogP contribution in [0.4, 0.5) is 0 Å². The van der Waals surface area contributed by atoms with Crippen LogP contribution in [0.2, 0.25) is 0 Å². The molecule has 0 saturated carbocycles. The summed E-state index contributed by atoms with van der Waals surface area (Å²) in [4.78, 5) is 8.00. The van der Waals surface area contributed by atoms with Crippen molar-refractivity contribution >= 4 is 6.79 Å². The molecule has 2 heteroatoms. The van der Waals surface area contributed by atoms with Crippen molar-refractivity contribution in [2.24, 2.45) is 0 Å². The largest absolute Gasteiger partial charge is 0.314 e. The number of piperidine rings is 1. The van der Waals surface area contributed by atoms with E-state index < -0.39 is 0 Å². The summed E-state index contributed by atoms with van der Waals surface area (Å²) in [5, 5.41) is 3.38. The Morgan fingerprint density at radius 3 is 2.33 bits per heavy atom. The summed E-state index contributed by atoms with van der Waals surface area (Å²) >= 11 is 0. The highest BCUT2D eigenvalue weighted by Crippen LogP contribution is 2.04. The summed E-state index contributed by atoms with van der Waals surface area (Å²) in [6, 6.07) is 0.786. The van der Waals surface area contributed by atoms with Crippen LogP contribution in [0.15, 0.2) is 0 Å².